The number of halogens is 3. The number of ether oxygens (including phenoxy) is 1. The summed E-state index contributed by atoms with van der Waals surface area (Å²) in [5.74, 6) is 0.502. The van der Waals surface area contributed by atoms with Crippen molar-refractivity contribution >= 4 is 38.5 Å². The van der Waals surface area contributed by atoms with Gasteiger partial charge in [-0.3, -0.25) is 9.78 Å². The zero-order valence-electron chi connectivity index (χ0n) is 19.8. The Bertz CT molecular complexity index is 1590. The Hall–Kier alpha value is -4.58. The third kappa shape index (κ3) is 5.86. The van der Waals surface area contributed by atoms with Gasteiger partial charge in [0.15, 0.2) is 10.9 Å². The molecule has 5 rings (SSSR count). The summed E-state index contributed by atoms with van der Waals surface area (Å²) in [6.45, 7) is 1.71. The van der Waals surface area contributed by atoms with Gasteiger partial charge < -0.3 is 15.4 Å². The number of aromatic nitrogens is 4. The van der Waals surface area contributed by atoms with Gasteiger partial charge in [0.1, 0.15) is 5.52 Å². The summed E-state index contributed by atoms with van der Waals surface area (Å²) in [5, 5.41) is 6.18. The van der Waals surface area contributed by atoms with Crippen molar-refractivity contribution in [3.63, 3.8) is 0 Å². The van der Waals surface area contributed by atoms with Gasteiger partial charge in [0.2, 0.25) is 17.7 Å². The summed E-state index contributed by atoms with van der Waals surface area (Å²) in [7, 11) is 0. The van der Waals surface area contributed by atoms with Crippen LogP contribution in [-0.2, 0) is 17.5 Å². The van der Waals surface area contributed by atoms with E-state index in [2.05, 4.69) is 30.6 Å². The predicted octanol–water partition coefficient (Wildman–Crippen LogP) is 6.53. The largest absolute Gasteiger partial charge is 0.437 e. The Morgan fingerprint density at radius 2 is 1.82 bits per heavy atom. The quantitative estimate of drug-likeness (QED) is 0.244. The van der Waals surface area contributed by atoms with Crippen molar-refractivity contribution < 1.29 is 22.7 Å². The third-order valence-electron chi connectivity index (χ3n) is 5.24. The van der Waals surface area contributed by atoms with Crippen LogP contribution in [0.1, 0.15) is 18.2 Å². The van der Waals surface area contributed by atoms with Gasteiger partial charge in [-0.05, 0) is 36.4 Å². The highest BCUT2D eigenvalue weighted by molar-refractivity contribution is 7.22. The Balaban J connectivity index is 1.50. The zero-order chi connectivity index (χ0) is 26.7. The Labute approximate surface area is 218 Å². The van der Waals surface area contributed by atoms with Gasteiger partial charge in [0, 0.05) is 24.8 Å². The van der Waals surface area contributed by atoms with Crippen LogP contribution < -0.4 is 15.4 Å². The Morgan fingerprint density at radius 3 is 2.53 bits per heavy atom. The summed E-state index contributed by atoms with van der Waals surface area (Å²) in [6.07, 6.45) is -2.79. The number of hydrogen-bond acceptors (Lipinski definition) is 8. The molecule has 192 valence electrons. The summed E-state index contributed by atoms with van der Waals surface area (Å²) >= 11 is 1.30. The fourth-order valence-electron chi connectivity index (χ4n) is 3.53. The van der Waals surface area contributed by atoms with E-state index in [1.54, 1.807) is 24.4 Å². The average molecular weight is 537 g/mol. The van der Waals surface area contributed by atoms with Gasteiger partial charge in [-0.15, -0.1) is 0 Å². The van der Waals surface area contributed by atoms with E-state index >= 15 is 0 Å². The number of nitrogens with zero attached hydrogens (tertiary/aromatic N) is 4. The molecule has 0 radical (unpaired) electrons. The number of amides is 1. The molecule has 0 atom stereocenters. The van der Waals surface area contributed by atoms with Crippen molar-refractivity contribution in [2.24, 2.45) is 0 Å². The van der Waals surface area contributed by atoms with Gasteiger partial charge in [0.25, 0.3) is 0 Å². The fraction of sp³-hybridized carbons (Fsp3) is 0.115. The molecule has 0 aliphatic rings. The average Bonchev–Trinajstić information content (AvgIpc) is 3.30. The van der Waals surface area contributed by atoms with Crippen molar-refractivity contribution in [2.75, 3.05) is 10.6 Å². The summed E-state index contributed by atoms with van der Waals surface area (Å²) in [5.41, 5.74) is 1.32. The lowest BCUT2D eigenvalue weighted by atomic mass is 10.1. The number of anilines is 2. The molecule has 8 nitrogen and oxygen atoms in total. The minimum absolute atomic E-state index is 0.153. The molecule has 2 aromatic carbocycles. The van der Waals surface area contributed by atoms with Crippen LogP contribution in [0.25, 0.3) is 21.5 Å². The monoisotopic (exact) mass is 536 g/mol. The molecule has 0 unspecified atom stereocenters. The Morgan fingerprint density at radius 1 is 1.00 bits per heavy atom. The van der Waals surface area contributed by atoms with E-state index in [1.165, 1.54) is 36.5 Å². The molecular formula is C26H19F3N6O2S. The first-order chi connectivity index (χ1) is 18.2. The first-order valence-corrected chi connectivity index (χ1v) is 12.1. The summed E-state index contributed by atoms with van der Waals surface area (Å²) in [6, 6.07) is 17.0. The molecule has 12 heteroatoms. The van der Waals surface area contributed by atoms with Gasteiger partial charge in [-0.1, -0.05) is 35.6 Å². The molecule has 0 saturated carbocycles. The number of rotatable bonds is 7. The molecule has 0 aliphatic heterocycles. The number of fused-ring (bicyclic) bond motifs is 1. The van der Waals surface area contributed by atoms with E-state index in [0.717, 1.165) is 22.5 Å². The van der Waals surface area contributed by atoms with Crippen molar-refractivity contribution in [2.45, 2.75) is 19.6 Å². The zero-order valence-corrected chi connectivity index (χ0v) is 20.6. The molecular weight excluding hydrogens is 517 g/mol. The topological polar surface area (TPSA) is 102 Å². The van der Waals surface area contributed by atoms with Crippen LogP contribution in [0, 0.1) is 0 Å². The van der Waals surface area contributed by atoms with Crippen LogP contribution in [-0.4, -0.2) is 25.8 Å². The smallest absolute Gasteiger partial charge is 0.416 e. The number of benzene rings is 2. The molecule has 1 amide bonds. The maximum absolute atomic E-state index is 13.1. The molecule has 38 heavy (non-hydrogen) atoms. The highest BCUT2D eigenvalue weighted by Gasteiger charge is 2.30. The third-order valence-corrected chi connectivity index (χ3v) is 6.18. The van der Waals surface area contributed by atoms with Gasteiger partial charge >= 0.3 is 6.18 Å². The molecule has 3 aromatic heterocycles. The lowest BCUT2D eigenvalue weighted by molar-refractivity contribution is -0.137. The van der Waals surface area contributed by atoms with E-state index in [0.29, 0.717) is 34.2 Å². The minimum Gasteiger partial charge on any atom is -0.437 e. The van der Waals surface area contributed by atoms with Crippen molar-refractivity contribution in [3.8, 4) is 22.9 Å². The second kappa shape index (κ2) is 10.4. The van der Waals surface area contributed by atoms with Gasteiger partial charge in [0.05, 0.1) is 28.2 Å². The van der Waals surface area contributed by atoms with E-state index in [9.17, 15) is 18.0 Å². The van der Waals surface area contributed by atoms with Gasteiger partial charge in [-0.25, -0.2) is 9.97 Å². The molecule has 0 spiro atoms. The number of para-hydroxylation sites is 1. The number of nitrogens with one attached hydrogen (secondary N) is 2. The van der Waals surface area contributed by atoms with Crippen LogP contribution in [0.3, 0.4) is 0 Å². The lowest BCUT2D eigenvalue weighted by Gasteiger charge is -2.12. The number of carbonyl (C=O) groups is 1. The standard InChI is InChI=1S/C26H19F3N6O2S/c1-15(36)32-25-35-23-20(6-4-7-21(23)38-25)37-22-13-19(16-8-10-17(11-9-16)26(27,28)29)33-24(34-22)31-14-18-5-2-3-12-30-18/h2-13H,14H2,1H3,(H,31,33,34)(H,32,35,36). The molecule has 0 saturated heterocycles. The predicted molar refractivity (Wildman–Crippen MR) is 138 cm³/mol. The van der Waals surface area contributed by atoms with Crippen LogP contribution in [0.15, 0.2) is 72.9 Å². The fourth-order valence-corrected chi connectivity index (χ4v) is 4.46. The van der Waals surface area contributed by atoms with E-state index in [1.807, 2.05) is 18.2 Å². The highest BCUT2D eigenvalue weighted by Crippen LogP contribution is 2.36. The first kappa shape index (κ1) is 25.1. The summed E-state index contributed by atoms with van der Waals surface area (Å²) in [4.78, 5) is 29.1. The minimum atomic E-state index is -4.45. The Kier molecular flexibility index (Phi) is 6.88. The lowest BCUT2D eigenvalue weighted by Crippen LogP contribution is -2.07. The maximum Gasteiger partial charge on any atom is 0.416 e. The highest BCUT2D eigenvalue weighted by atomic mass is 32.1. The SMILES string of the molecule is CC(=O)Nc1nc2c(Oc3cc(-c4ccc(C(F)(F)F)cc4)nc(NCc4ccccn4)n3)cccc2s1. The second-order valence-corrected chi connectivity index (χ2v) is 9.10. The molecule has 2 N–H and O–H groups in total. The normalized spacial score (nSPS) is 11.4. The van der Waals surface area contributed by atoms with E-state index in [-0.39, 0.29) is 17.7 Å². The molecule has 5 aromatic rings. The summed E-state index contributed by atoms with van der Waals surface area (Å²) < 4.78 is 46.1. The molecule has 3 heterocycles. The van der Waals surface area contributed by atoms with E-state index in [4.69, 9.17) is 4.74 Å². The number of thiazole rings is 1. The number of hydrogen-bond donors (Lipinski definition) is 2. The van der Waals surface area contributed by atoms with Crippen LogP contribution in [0.4, 0.5) is 24.3 Å². The van der Waals surface area contributed by atoms with Crippen LogP contribution in [0.2, 0.25) is 0 Å². The number of pyridine rings is 1. The van der Waals surface area contributed by atoms with Crippen LogP contribution >= 0.6 is 11.3 Å². The van der Waals surface area contributed by atoms with E-state index < -0.39 is 11.7 Å². The van der Waals surface area contributed by atoms with Crippen molar-refractivity contribution in [1.29, 1.82) is 0 Å². The molecule has 0 aliphatic carbocycles. The van der Waals surface area contributed by atoms with Crippen LogP contribution in [0.5, 0.6) is 11.6 Å². The number of carbonyl (C=O) groups excluding carboxylic acids is 1. The maximum atomic E-state index is 13.1. The number of alkyl halides is 3. The molecule has 0 fully saturated rings. The first-order valence-electron chi connectivity index (χ1n) is 11.3. The van der Waals surface area contributed by atoms with Crippen molar-refractivity contribution in [1.82, 2.24) is 19.9 Å². The van der Waals surface area contributed by atoms with Crippen molar-refractivity contribution in [3.05, 3.63) is 84.2 Å². The van der Waals surface area contributed by atoms with Gasteiger partial charge in [-0.2, -0.15) is 18.2 Å². The second-order valence-electron chi connectivity index (χ2n) is 8.07. The molecule has 0 bridgehead atoms.